The van der Waals surface area contributed by atoms with Crippen molar-refractivity contribution in [1.29, 1.82) is 5.26 Å². The molecule has 114 valence electrons. The molecule has 2 aromatic rings. The maximum atomic E-state index is 8.84. The second kappa shape index (κ2) is 7.46. The van der Waals surface area contributed by atoms with Crippen molar-refractivity contribution < 1.29 is 0 Å². The fraction of sp³-hybridized carbons (Fsp3) is 0.471. The van der Waals surface area contributed by atoms with E-state index < -0.39 is 0 Å². The fourth-order valence-electron chi connectivity index (χ4n) is 3.11. The molecule has 0 aliphatic heterocycles. The van der Waals surface area contributed by atoms with Crippen molar-refractivity contribution in [3.8, 4) is 6.07 Å². The number of benzene rings is 1. The summed E-state index contributed by atoms with van der Waals surface area (Å²) in [4.78, 5) is 0. The Morgan fingerprint density at radius 3 is 2.64 bits per heavy atom. The molecular formula is C17H20N4S. The highest BCUT2D eigenvalue weighted by atomic mass is 32.2. The standard InChI is InChI=1S/C17H20N4S/c18-11-12-22-17-20-19-16(13-14-7-3-1-4-8-14)21(17)15-9-5-2-6-10-15/h1,3-4,7-8,15H,2,5-6,9-10,12-13H2. The van der Waals surface area contributed by atoms with Gasteiger partial charge in [-0.3, -0.25) is 0 Å². The van der Waals surface area contributed by atoms with Gasteiger partial charge in [0.15, 0.2) is 5.16 Å². The second-order valence-corrected chi connectivity index (χ2v) is 6.61. The SMILES string of the molecule is N#CCSc1nnc(Cc2ccccc2)n1C1CCCCC1. The largest absolute Gasteiger partial charge is 0.303 e. The lowest BCUT2D eigenvalue weighted by Gasteiger charge is -2.25. The Hall–Kier alpha value is -1.80. The summed E-state index contributed by atoms with van der Waals surface area (Å²) in [6.07, 6.45) is 7.07. The summed E-state index contributed by atoms with van der Waals surface area (Å²) in [6, 6.07) is 13.1. The number of nitriles is 1. The predicted octanol–water partition coefficient (Wildman–Crippen LogP) is 3.99. The number of hydrogen-bond donors (Lipinski definition) is 0. The summed E-state index contributed by atoms with van der Waals surface area (Å²) in [5.74, 6) is 1.45. The van der Waals surface area contributed by atoms with E-state index in [9.17, 15) is 0 Å². The van der Waals surface area contributed by atoms with Gasteiger partial charge in [0.1, 0.15) is 5.82 Å². The van der Waals surface area contributed by atoms with Crippen molar-refractivity contribution in [2.24, 2.45) is 0 Å². The Labute approximate surface area is 135 Å². The molecule has 1 aromatic carbocycles. The lowest BCUT2D eigenvalue weighted by Crippen LogP contribution is -2.17. The normalized spacial score (nSPS) is 15.6. The van der Waals surface area contributed by atoms with Gasteiger partial charge < -0.3 is 4.57 Å². The molecule has 0 amide bonds. The van der Waals surface area contributed by atoms with E-state index in [0.29, 0.717) is 11.8 Å². The molecule has 0 N–H and O–H groups in total. The minimum absolute atomic E-state index is 0.427. The van der Waals surface area contributed by atoms with Crippen molar-refractivity contribution in [3.63, 3.8) is 0 Å². The lowest BCUT2D eigenvalue weighted by atomic mass is 9.95. The fourth-order valence-corrected chi connectivity index (χ4v) is 3.79. The quantitative estimate of drug-likeness (QED) is 0.783. The lowest BCUT2D eigenvalue weighted by molar-refractivity contribution is 0.330. The molecule has 1 heterocycles. The van der Waals surface area contributed by atoms with E-state index >= 15 is 0 Å². The predicted molar refractivity (Wildman–Crippen MR) is 87.7 cm³/mol. The second-order valence-electron chi connectivity index (χ2n) is 5.67. The van der Waals surface area contributed by atoms with Crippen LogP contribution in [0.5, 0.6) is 0 Å². The Kier molecular flexibility index (Phi) is 5.12. The molecule has 0 saturated heterocycles. The first-order valence-corrected chi connectivity index (χ1v) is 8.84. The number of rotatable bonds is 5. The molecule has 0 bridgehead atoms. The van der Waals surface area contributed by atoms with Gasteiger partial charge in [0.05, 0.1) is 11.8 Å². The minimum atomic E-state index is 0.427. The van der Waals surface area contributed by atoms with Gasteiger partial charge in [-0.2, -0.15) is 5.26 Å². The van der Waals surface area contributed by atoms with Gasteiger partial charge in [-0.1, -0.05) is 61.4 Å². The number of hydrogen-bond acceptors (Lipinski definition) is 4. The zero-order chi connectivity index (χ0) is 15.2. The molecule has 0 radical (unpaired) electrons. The molecule has 1 aromatic heterocycles. The topological polar surface area (TPSA) is 54.5 Å². The third-order valence-electron chi connectivity index (χ3n) is 4.15. The van der Waals surface area contributed by atoms with Crippen LogP contribution < -0.4 is 0 Å². The number of thioether (sulfide) groups is 1. The van der Waals surface area contributed by atoms with Crippen molar-refractivity contribution in [2.75, 3.05) is 5.75 Å². The average molecular weight is 312 g/mol. The van der Waals surface area contributed by atoms with Crippen LogP contribution in [0.2, 0.25) is 0 Å². The van der Waals surface area contributed by atoms with Crippen LogP contribution in [-0.2, 0) is 6.42 Å². The molecule has 5 heteroatoms. The third kappa shape index (κ3) is 3.50. The zero-order valence-electron chi connectivity index (χ0n) is 12.6. The molecule has 1 fully saturated rings. The highest BCUT2D eigenvalue weighted by Crippen LogP contribution is 2.33. The van der Waals surface area contributed by atoms with Gasteiger partial charge in [0, 0.05) is 12.5 Å². The van der Waals surface area contributed by atoms with Gasteiger partial charge in [0.25, 0.3) is 0 Å². The highest BCUT2D eigenvalue weighted by molar-refractivity contribution is 7.99. The van der Waals surface area contributed by atoms with E-state index in [1.54, 1.807) is 0 Å². The molecule has 4 nitrogen and oxygen atoms in total. The van der Waals surface area contributed by atoms with Gasteiger partial charge in [-0.15, -0.1) is 10.2 Å². The van der Waals surface area contributed by atoms with Gasteiger partial charge in [-0.25, -0.2) is 0 Å². The van der Waals surface area contributed by atoms with E-state index in [2.05, 4.69) is 45.1 Å². The van der Waals surface area contributed by atoms with Crippen molar-refractivity contribution in [1.82, 2.24) is 14.8 Å². The summed E-state index contributed by atoms with van der Waals surface area (Å²) >= 11 is 1.50. The molecule has 1 saturated carbocycles. The molecular weight excluding hydrogens is 292 g/mol. The van der Waals surface area contributed by atoms with Crippen LogP contribution in [0.25, 0.3) is 0 Å². The first kappa shape index (κ1) is 15.1. The zero-order valence-corrected chi connectivity index (χ0v) is 13.4. The minimum Gasteiger partial charge on any atom is -0.303 e. The van der Waals surface area contributed by atoms with E-state index in [0.717, 1.165) is 17.4 Å². The smallest absolute Gasteiger partial charge is 0.192 e. The first-order chi connectivity index (χ1) is 10.9. The van der Waals surface area contributed by atoms with E-state index in [-0.39, 0.29) is 0 Å². The summed E-state index contributed by atoms with van der Waals surface area (Å²) in [5.41, 5.74) is 1.25. The monoisotopic (exact) mass is 312 g/mol. The highest BCUT2D eigenvalue weighted by Gasteiger charge is 2.22. The van der Waals surface area contributed by atoms with Gasteiger partial charge in [0.2, 0.25) is 0 Å². The van der Waals surface area contributed by atoms with Gasteiger partial charge >= 0.3 is 0 Å². The molecule has 0 spiro atoms. The third-order valence-corrected chi connectivity index (χ3v) is 4.96. The van der Waals surface area contributed by atoms with Crippen LogP contribution >= 0.6 is 11.8 Å². The van der Waals surface area contributed by atoms with Crippen molar-refractivity contribution >= 4 is 11.8 Å². The molecule has 22 heavy (non-hydrogen) atoms. The van der Waals surface area contributed by atoms with Crippen LogP contribution in [0.3, 0.4) is 0 Å². The molecule has 3 rings (SSSR count). The number of nitrogens with zero attached hydrogens (tertiary/aromatic N) is 4. The maximum absolute atomic E-state index is 8.84. The summed E-state index contributed by atoms with van der Waals surface area (Å²) in [7, 11) is 0. The maximum Gasteiger partial charge on any atom is 0.192 e. The van der Waals surface area contributed by atoms with Crippen LogP contribution in [0, 0.1) is 11.3 Å². The molecule has 1 aliphatic carbocycles. The number of aromatic nitrogens is 3. The first-order valence-electron chi connectivity index (χ1n) is 7.86. The van der Waals surface area contributed by atoms with Crippen LogP contribution in [-0.4, -0.2) is 20.5 Å². The summed E-state index contributed by atoms with van der Waals surface area (Å²) in [5, 5.41) is 18.5. The van der Waals surface area contributed by atoms with E-state index in [1.807, 2.05) is 6.07 Å². The summed E-state index contributed by atoms with van der Waals surface area (Å²) < 4.78 is 2.30. The molecule has 0 unspecified atom stereocenters. The molecule has 0 atom stereocenters. The Bertz CT molecular complexity index is 638. The average Bonchev–Trinajstić information content (AvgIpc) is 2.97. The molecule has 1 aliphatic rings. The van der Waals surface area contributed by atoms with Crippen LogP contribution in [0.1, 0.15) is 49.5 Å². The van der Waals surface area contributed by atoms with Crippen molar-refractivity contribution in [2.45, 2.75) is 49.7 Å². The van der Waals surface area contributed by atoms with E-state index in [4.69, 9.17) is 5.26 Å². The van der Waals surface area contributed by atoms with Crippen molar-refractivity contribution in [3.05, 3.63) is 41.7 Å². The Balaban J connectivity index is 1.88. The summed E-state index contributed by atoms with van der Waals surface area (Å²) in [6.45, 7) is 0. The van der Waals surface area contributed by atoms with Gasteiger partial charge in [-0.05, 0) is 18.4 Å². The van der Waals surface area contributed by atoms with E-state index in [1.165, 1.54) is 49.4 Å². The van der Waals surface area contributed by atoms with Crippen LogP contribution in [0.4, 0.5) is 0 Å². The Morgan fingerprint density at radius 1 is 1.14 bits per heavy atom. The van der Waals surface area contributed by atoms with Crippen LogP contribution in [0.15, 0.2) is 35.5 Å². The Morgan fingerprint density at radius 2 is 1.91 bits per heavy atom.